The average molecular weight is 223 g/mol. The normalized spacial score (nSPS) is 17.5. The van der Waals surface area contributed by atoms with Crippen LogP contribution in [0.5, 0.6) is 0 Å². The highest BCUT2D eigenvalue weighted by Gasteiger charge is 2.17. The summed E-state index contributed by atoms with van der Waals surface area (Å²) in [6.07, 6.45) is 7.77. The van der Waals surface area contributed by atoms with Gasteiger partial charge in [-0.15, -0.1) is 0 Å². The Kier molecular flexibility index (Phi) is 3.54. The number of rotatable bonds is 4. The van der Waals surface area contributed by atoms with Crippen molar-refractivity contribution in [3.8, 4) is 0 Å². The molecule has 0 spiro atoms. The van der Waals surface area contributed by atoms with Crippen LogP contribution in [0.15, 0.2) is 6.33 Å². The van der Waals surface area contributed by atoms with Gasteiger partial charge in [-0.25, -0.2) is 9.67 Å². The molecule has 1 aromatic rings. The molecule has 1 aliphatic carbocycles. The fourth-order valence-corrected chi connectivity index (χ4v) is 2.33. The van der Waals surface area contributed by atoms with Gasteiger partial charge in [-0.3, -0.25) is 4.79 Å². The number of aliphatic carboxylic acids is 1. The van der Waals surface area contributed by atoms with Gasteiger partial charge in [0, 0.05) is 6.54 Å². The van der Waals surface area contributed by atoms with Gasteiger partial charge in [-0.05, 0) is 18.8 Å². The Hall–Kier alpha value is -1.39. The molecule has 5 nitrogen and oxygen atoms in total. The van der Waals surface area contributed by atoms with E-state index in [1.54, 1.807) is 4.68 Å². The lowest BCUT2D eigenvalue weighted by molar-refractivity contribution is -0.136. The van der Waals surface area contributed by atoms with Crippen molar-refractivity contribution in [2.24, 2.45) is 5.92 Å². The summed E-state index contributed by atoms with van der Waals surface area (Å²) in [7, 11) is 0. The van der Waals surface area contributed by atoms with Crippen LogP contribution in [-0.2, 0) is 17.8 Å². The molecule has 2 rings (SSSR count). The number of hydrogen-bond acceptors (Lipinski definition) is 3. The molecule has 0 atom stereocenters. The van der Waals surface area contributed by atoms with E-state index in [0.29, 0.717) is 11.7 Å². The Balaban J connectivity index is 1.97. The van der Waals surface area contributed by atoms with E-state index < -0.39 is 5.97 Å². The zero-order chi connectivity index (χ0) is 11.4. The molecule has 0 saturated heterocycles. The quantitative estimate of drug-likeness (QED) is 0.839. The maximum atomic E-state index is 10.6. The predicted molar refractivity (Wildman–Crippen MR) is 57.9 cm³/mol. The van der Waals surface area contributed by atoms with E-state index in [0.717, 1.165) is 6.54 Å². The summed E-state index contributed by atoms with van der Waals surface area (Å²) in [4.78, 5) is 14.6. The number of nitrogens with zero attached hydrogens (tertiary/aromatic N) is 3. The fraction of sp³-hybridized carbons (Fsp3) is 0.727. The first-order chi connectivity index (χ1) is 7.75. The van der Waals surface area contributed by atoms with Crippen LogP contribution < -0.4 is 0 Å². The lowest BCUT2D eigenvalue weighted by Crippen LogP contribution is -2.18. The number of carboxylic acids is 1. The maximum Gasteiger partial charge on any atom is 0.311 e. The Morgan fingerprint density at radius 1 is 1.44 bits per heavy atom. The summed E-state index contributed by atoms with van der Waals surface area (Å²) < 4.78 is 1.75. The molecule has 16 heavy (non-hydrogen) atoms. The van der Waals surface area contributed by atoms with Gasteiger partial charge in [-0.1, -0.05) is 19.3 Å². The van der Waals surface area contributed by atoms with Gasteiger partial charge < -0.3 is 5.11 Å². The van der Waals surface area contributed by atoms with Gasteiger partial charge in [0.15, 0.2) is 0 Å². The number of hydrogen-bond donors (Lipinski definition) is 1. The molecule has 0 bridgehead atoms. The van der Waals surface area contributed by atoms with Gasteiger partial charge in [0.05, 0.1) is 0 Å². The average Bonchev–Trinajstić information content (AvgIpc) is 2.66. The first-order valence-electron chi connectivity index (χ1n) is 5.84. The highest BCUT2D eigenvalue weighted by atomic mass is 16.4. The molecule has 88 valence electrons. The predicted octanol–water partition coefficient (Wildman–Crippen LogP) is 1.49. The summed E-state index contributed by atoms with van der Waals surface area (Å²) in [6.45, 7) is 0.822. The second kappa shape index (κ2) is 5.09. The van der Waals surface area contributed by atoms with E-state index in [1.807, 2.05) is 0 Å². The van der Waals surface area contributed by atoms with Crippen LogP contribution in [0.4, 0.5) is 0 Å². The second-order valence-corrected chi connectivity index (χ2v) is 4.43. The molecule has 1 saturated carbocycles. The number of aromatic nitrogens is 3. The zero-order valence-corrected chi connectivity index (χ0v) is 9.30. The van der Waals surface area contributed by atoms with Crippen LogP contribution in [0.2, 0.25) is 0 Å². The van der Waals surface area contributed by atoms with Gasteiger partial charge in [-0.2, -0.15) is 5.10 Å². The SMILES string of the molecule is O=C(O)Cc1ncnn1CC1CCCCC1. The standard InChI is InChI=1S/C11H17N3O2/c15-11(16)6-10-12-8-13-14(10)7-9-4-2-1-3-5-9/h8-9H,1-7H2,(H,15,16). The van der Waals surface area contributed by atoms with E-state index in [9.17, 15) is 4.79 Å². The molecule has 1 aliphatic rings. The van der Waals surface area contributed by atoms with Crippen molar-refractivity contribution in [2.75, 3.05) is 0 Å². The number of carboxylic acid groups (broad SMARTS) is 1. The lowest BCUT2D eigenvalue weighted by atomic mass is 9.89. The monoisotopic (exact) mass is 223 g/mol. The minimum absolute atomic E-state index is 0.0350. The third-order valence-corrected chi connectivity index (χ3v) is 3.16. The molecular formula is C11H17N3O2. The summed E-state index contributed by atoms with van der Waals surface area (Å²) >= 11 is 0. The Morgan fingerprint density at radius 2 is 2.19 bits per heavy atom. The third kappa shape index (κ3) is 2.81. The van der Waals surface area contributed by atoms with E-state index in [2.05, 4.69) is 10.1 Å². The molecule has 1 heterocycles. The summed E-state index contributed by atoms with van der Waals surface area (Å²) in [5.41, 5.74) is 0. The highest BCUT2D eigenvalue weighted by Crippen LogP contribution is 2.24. The van der Waals surface area contributed by atoms with Gasteiger partial charge >= 0.3 is 5.97 Å². The van der Waals surface area contributed by atoms with Crippen molar-refractivity contribution in [3.63, 3.8) is 0 Å². The van der Waals surface area contributed by atoms with Crippen molar-refractivity contribution in [1.82, 2.24) is 14.8 Å². The van der Waals surface area contributed by atoms with Crippen LogP contribution in [0.25, 0.3) is 0 Å². The van der Waals surface area contributed by atoms with Gasteiger partial charge in [0.25, 0.3) is 0 Å². The third-order valence-electron chi connectivity index (χ3n) is 3.16. The molecule has 0 amide bonds. The number of carbonyl (C=O) groups is 1. The summed E-state index contributed by atoms with van der Waals surface area (Å²) in [6, 6.07) is 0. The van der Waals surface area contributed by atoms with E-state index in [1.165, 1.54) is 38.4 Å². The molecule has 1 fully saturated rings. The lowest BCUT2D eigenvalue weighted by Gasteiger charge is -2.21. The van der Waals surface area contributed by atoms with Crippen LogP contribution in [0.3, 0.4) is 0 Å². The first kappa shape index (κ1) is 11.1. The van der Waals surface area contributed by atoms with Crippen molar-refractivity contribution in [2.45, 2.75) is 45.1 Å². The van der Waals surface area contributed by atoms with Crippen molar-refractivity contribution in [3.05, 3.63) is 12.2 Å². The van der Waals surface area contributed by atoms with Crippen molar-refractivity contribution in [1.29, 1.82) is 0 Å². The molecule has 0 unspecified atom stereocenters. The van der Waals surface area contributed by atoms with Crippen molar-refractivity contribution >= 4 is 5.97 Å². The maximum absolute atomic E-state index is 10.6. The molecule has 0 aliphatic heterocycles. The zero-order valence-electron chi connectivity index (χ0n) is 9.30. The Morgan fingerprint density at radius 3 is 2.88 bits per heavy atom. The van der Waals surface area contributed by atoms with E-state index in [4.69, 9.17) is 5.11 Å². The van der Waals surface area contributed by atoms with Gasteiger partial charge in [0.1, 0.15) is 18.6 Å². The first-order valence-corrected chi connectivity index (χ1v) is 5.84. The largest absolute Gasteiger partial charge is 0.481 e. The van der Waals surface area contributed by atoms with Crippen molar-refractivity contribution < 1.29 is 9.90 Å². The molecule has 0 radical (unpaired) electrons. The van der Waals surface area contributed by atoms with Crippen LogP contribution >= 0.6 is 0 Å². The van der Waals surface area contributed by atoms with Crippen LogP contribution in [-0.4, -0.2) is 25.8 Å². The summed E-state index contributed by atoms with van der Waals surface area (Å²) in [5.74, 6) is 0.360. The minimum Gasteiger partial charge on any atom is -0.481 e. The summed E-state index contributed by atoms with van der Waals surface area (Å²) in [5, 5.41) is 12.8. The van der Waals surface area contributed by atoms with Crippen LogP contribution in [0, 0.1) is 5.92 Å². The molecular weight excluding hydrogens is 206 g/mol. The molecule has 1 N–H and O–H groups in total. The molecule has 1 aromatic heterocycles. The van der Waals surface area contributed by atoms with E-state index >= 15 is 0 Å². The smallest absolute Gasteiger partial charge is 0.311 e. The Labute approximate surface area is 94.5 Å². The second-order valence-electron chi connectivity index (χ2n) is 4.43. The molecule has 0 aromatic carbocycles. The fourth-order valence-electron chi connectivity index (χ4n) is 2.33. The van der Waals surface area contributed by atoms with E-state index in [-0.39, 0.29) is 6.42 Å². The Bertz CT molecular complexity index is 356. The van der Waals surface area contributed by atoms with Crippen LogP contribution in [0.1, 0.15) is 37.9 Å². The topological polar surface area (TPSA) is 68.0 Å². The minimum atomic E-state index is -0.849. The highest BCUT2D eigenvalue weighted by molar-refractivity contribution is 5.68. The molecule has 5 heteroatoms. The van der Waals surface area contributed by atoms with Gasteiger partial charge in [0.2, 0.25) is 0 Å².